The van der Waals surface area contributed by atoms with Crippen LogP contribution in [0.1, 0.15) is 28.7 Å². The van der Waals surface area contributed by atoms with E-state index < -0.39 is 0 Å². The maximum Gasteiger partial charge on any atom is 0.131 e. The molecule has 4 heterocycles. The molecule has 3 aromatic rings. The average Bonchev–Trinajstić information content (AvgIpc) is 3.22. The molecule has 0 aromatic carbocycles. The van der Waals surface area contributed by atoms with Crippen LogP contribution in [-0.4, -0.2) is 17.6 Å². The van der Waals surface area contributed by atoms with E-state index in [0.717, 1.165) is 50.3 Å². The maximum atomic E-state index is 6.31. The first-order valence-corrected chi connectivity index (χ1v) is 11.2. The van der Waals surface area contributed by atoms with E-state index in [1.54, 1.807) is 22.7 Å². The van der Waals surface area contributed by atoms with Crippen LogP contribution >= 0.6 is 69.3 Å². The summed E-state index contributed by atoms with van der Waals surface area (Å²) in [7, 11) is 0. The number of fused-ring (bicyclic) bond motifs is 1. The van der Waals surface area contributed by atoms with Gasteiger partial charge in [0.15, 0.2) is 0 Å². The number of rotatable bonds is 4. The summed E-state index contributed by atoms with van der Waals surface area (Å²) < 4.78 is 8.19. The van der Waals surface area contributed by atoms with E-state index >= 15 is 0 Å². The van der Waals surface area contributed by atoms with Gasteiger partial charge in [0, 0.05) is 30.1 Å². The van der Waals surface area contributed by atoms with Crippen LogP contribution in [-0.2, 0) is 11.3 Å². The highest BCUT2D eigenvalue weighted by molar-refractivity contribution is 14.1. The van der Waals surface area contributed by atoms with Crippen LogP contribution in [0.5, 0.6) is 0 Å². The lowest BCUT2D eigenvalue weighted by molar-refractivity contribution is 0.00196. The minimum Gasteiger partial charge on any atom is -0.379 e. The standard InChI is InChI=1S/C17H17ClIN3OS2.ClH/c18-12-7-11(21-8-9-3-2-6-24-9)16-14(22-12)13(19)17(25-16)15-10(20)4-1-5-23-15;/h2-3,6-7,10,15H,1,4-5,8,20H2,(H,21,22);1H/t10-,15-;/m0./s1. The summed E-state index contributed by atoms with van der Waals surface area (Å²) in [6.07, 6.45) is 1.97. The van der Waals surface area contributed by atoms with E-state index in [9.17, 15) is 0 Å². The summed E-state index contributed by atoms with van der Waals surface area (Å²) in [6, 6.07) is 6.12. The second-order valence-corrected chi connectivity index (χ2v) is 9.53. The lowest BCUT2D eigenvalue weighted by Crippen LogP contribution is -2.34. The van der Waals surface area contributed by atoms with Gasteiger partial charge in [0.25, 0.3) is 0 Å². The minimum atomic E-state index is -0.0521. The Morgan fingerprint density at radius 2 is 2.31 bits per heavy atom. The highest BCUT2D eigenvalue weighted by Gasteiger charge is 2.29. The van der Waals surface area contributed by atoms with Gasteiger partial charge in [-0.15, -0.1) is 35.1 Å². The van der Waals surface area contributed by atoms with Gasteiger partial charge < -0.3 is 15.8 Å². The highest BCUT2D eigenvalue weighted by atomic mass is 127. The number of ether oxygens (including phenoxy) is 1. The van der Waals surface area contributed by atoms with Crippen LogP contribution in [0.25, 0.3) is 10.2 Å². The topological polar surface area (TPSA) is 60.2 Å². The molecule has 1 fully saturated rings. The number of nitrogens with zero attached hydrogens (tertiary/aromatic N) is 1. The van der Waals surface area contributed by atoms with Gasteiger partial charge in [-0.25, -0.2) is 4.98 Å². The summed E-state index contributed by atoms with van der Waals surface area (Å²) in [5, 5.41) is 6.09. The molecule has 0 amide bonds. The molecule has 140 valence electrons. The molecule has 4 nitrogen and oxygen atoms in total. The van der Waals surface area contributed by atoms with E-state index in [2.05, 4.69) is 50.4 Å². The number of hydrogen-bond donors (Lipinski definition) is 2. The third-order valence-electron chi connectivity index (χ3n) is 4.24. The largest absolute Gasteiger partial charge is 0.379 e. The highest BCUT2D eigenvalue weighted by Crippen LogP contribution is 2.43. The van der Waals surface area contributed by atoms with Gasteiger partial charge in [-0.2, -0.15) is 0 Å². The van der Waals surface area contributed by atoms with Crippen LogP contribution in [0.4, 0.5) is 5.69 Å². The van der Waals surface area contributed by atoms with Crippen molar-refractivity contribution in [3.05, 3.63) is 42.1 Å². The molecular formula is C17H18Cl2IN3OS2. The molecule has 4 rings (SSSR count). The van der Waals surface area contributed by atoms with Crippen molar-refractivity contribution >= 4 is 85.2 Å². The fourth-order valence-electron chi connectivity index (χ4n) is 3.01. The van der Waals surface area contributed by atoms with Crippen molar-refractivity contribution in [3.8, 4) is 0 Å². The summed E-state index contributed by atoms with van der Waals surface area (Å²) in [5.74, 6) is 0. The molecular weight excluding hydrogens is 524 g/mol. The first-order valence-electron chi connectivity index (χ1n) is 8.05. The Hall–Kier alpha value is -0.160. The molecule has 0 radical (unpaired) electrons. The van der Waals surface area contributed by atoms with Crippen LogP contribution in [0.15, 0.2) is 23.6 Å². The second kappa shape index (κ2) is 8.89. The fraction of sp³-hybridized carbons (Fsp3) is 0.353. The van der Waals surface area contributed by atoms with Crippen LogP contribution in [0, 0.1) is 3.57 Å². The number of nitrogens with one attached hydrogen (secondary N) is 1. The van der Waals surface area contributed by atoms with Crippen molar-refractivity contribution in [3.63, 3.8) is 0 Å². The Balaban J connectivity index is 0.00000196. The molecule has 3 aromatic heterocycles. The number of thiophene rings is 2. The molecule has 0 unspecified atom stereocenters. The van der Waals surface area contributed by atoms with E-state index in [-0.39, 0.29) is 24.6 Å². The predicted octanol–water partition coefficient (Wildman–Crippen LogP) is 5.83. The molecule has 0 saturated carbocycles. The molecule has 2 atom stereocenters. The molecule has 26 heavy (non-hydrogen) atoms. The minimum absolute atomic E-state index is 0. The molecule has 0 aliphatic carbocycles. The lowest BCUT2D eigenvalue weighted by atomic mass is 10.0. The zero-order chi connectivity index (χ0) is 17.4. The van der Waals surface area contributed by atoms with Gasteiger partial charge >= 0.3 is 0 Å². The van der Waals surface area contributed by atoms with Gasteiger partial charge in [-0.05, 0) is 46.9 Å². The van der Waals surface area contributed by atoms with Crippen molar-refractivity contribution in [2.75, 3.05) is 11.9 Å². The summed E-state index contributed by atoms with van der Waals surface area (Å²) in [4.78, 5) is 7.00. The number of anilines is 1. The molecule has 3 N–H and O–H groups in total. The van der Waals surface area contributed by atoms with Crippen molar-refractivity contribution in [1.29, 1.82) is 0 Å². The van der Waals surface area contributed by atoms with Crippen molar-refractivity contribution < 1.29 is 4.74 Å². The van der Waals surface area contributed by atoms with E-state index in [0.29, 0.717) is 5.15 Å². The first-order chi connectivity index (χ1) is 12.1. The zero-order valence-electron chi connectivity index (χ0n) is 13.7. The number of nitrogens with two attached hydrogens (primary N) is 1. The van der Waals surface area contributed by atoms with Gasteiger partial charge in [0.1, 0.15) is 11.3 Å². The Bertz CT molecular complexity index is 888. The SMILES string of the molecule is Cl.N[C@H]1CCCO[C@@H]1c1sc2c(NCc3cccs3)cc(Cl)nc2c1I. The Morgan fingerprint density at radius 3 is 3.04 bits per heavy atom. The maximum absolute atomic E-state index is 6.31. The second-order valence-electron chi connectivity index (χ2n) is 5.98. The number of aromatic nitrogens is 1. The molecule has 0 spiro atoms. The summed E-state index contributed by atoms with van der Waals surface area (Å²) in [5.41, 5.74) is 8.26. The van der Waals surface area contributed by atoms with Crippen molar-refractivity contribution in [2.45, 2.75) is 31.5 Å². The molecule has 1 saturated heterocycles. The third kappa shape index (κ3) is 4.14. The Morgan fingerprint density at radius 1 is 1.46 bits per heavy atom. The molecule has 1 aliphatic rings. The zero-order valence-corrected chi connectivity index (χ0v) is 19.1. The van der Waals surface area contributed by atoms with Gasteiger partial charge in [-0.3, -0.25) is 0 Å². The smallest absolute Gasteiger partial charge is 0.131 e. The number of pyridine rings is 1. The van der Waals surface area contributed by atoms with Crippen LogP contribution in [0.2, 0.25) is 5.15 Å². The van der Waals surface area contributed by atoms with Crippen molar-refractivity contribution in [1.82, 2.24) is 4.98 Å². The van der Waals surface area contributed by atoms with E-state index in [1.165, 1.54) is 4.88 Å². The van der Waals surface area contributed by atoms with E-state index in [4.69, 9.17) is 22.1 Å². The number of halogens is 3. The molecule has 1 aliphatic heterocycles. The molecule has 0 bridgehead atoms. The molecule has 9 heteroatoms. The fourth-order valence-corrected chi connectivity index (χ4v) is 6.31. The Labute approximate surface area is 185 Å². The normalized spacial score (nSPS) is 20.1. The van der Waals surface area contributed by atoms with Gasteiger partial charge in [-0.1, -0.05) is 17.7 Å². The third-order valence-corrected chi connectivity index (χ3v) is 8.04. The predicted molar refractivity (Wildman–Crippen MR) is 122 cm³/mol. The monoisotopic (exact) mass is 541 g/mol. The van der Waals surface area contributed by atoms with E-state index in [1.807, 2.05) is 6.07 Å². The Kier molecular flexibility index (Phi) is 7.04. The lowest BCUT2D eigenvalue weighted by Gasteiger charge is -2.28. The van der Waals surface area contributed by atoms with Gasteiger partial charge in [0.05, 0.1) is 24.4 Å². The quantitative estimate of drug-likeness (QED) is 0.322. The van der Waals surface area contributed by atoms with Crippen LogP contribution in [0.3, 0.4) is 0 Å². The van der Waals surface area contributed by atoms with Crippen molar-refractivity contribution in [2.24, 2.45) is 5.73 Å². The van der Waals surface area contributed by atoms with Gasteiger partial charge in [0.2, 0.25) is 0 Å². The summed E-state index contributed by atoms with van der Waals surface area (Å²) >= 11 is 12.1. The summed E-state index contributed by atoms with van der Waals surface area (Å²) in [6.45, 7) is 1.54. The first kappa shape index (κ1) is 20.6. The van der Waals surface area contributed by atoms with Crippen LogP contribution < -0.4 is 11.1 Å². The average molecular weight is 542 g/mol. The number of hydrogen-bond acceptors (Lipinski definition) is 6.